The van der Waals surface area contributed by atoms with Gasteiger partial charge in [-0.05, 0) is 58.9 Å². The van der Waals surface area contributed by atoms with E-state index in [-0.39, 0.29) is 23.0 Å². The number of para-hydroxylation sites is 2. The minimum absolute atomic E-state index is 0.0116. The van der Waals surface area contributed by atoms with Gasteiger partial charge in [-0.3, -0.25) is 9.59 Å². The Morgan fingerprint density at radius 2 is 1.17 bits per heavy atom. The molecule has 1 aliphatic carbocycles. The third kappa shape index (κ3) is 4.45. The van der Waals surface area contributed by atoms with Gasteiger partial charge in [0, 0.05) is 11.4 Å². The molecule has 2 spiro atoms. The summed E-state index contributed by atoms with van der Waals surface area (Å²) in [5, 5.41) is -0.0116. The first-order valence-corrected chi connectivity index (χ1v) is 19.2. The monoisotopic (exact) mass is 626 g/mol. The van der Waals surface area contributed by atoms with Crippen LogP contribution in [0.2, 0.25) is 18.1 Å². The minimum atomic E-state index is -2.23. The van der Waals surface area contributed by atoms with E-state index in [4.69, 9.17) is 4.43 Å². The van der Waals surface area contributed by atoms with Crippen LogP contribution in [0.5, 0.6) is 0 Å². The quantitative estimate of drug-likeness (QED) is 0.160. The van der Waals surface area contributed by atoms with Gasteiger partial charge in [0.1, 0.15) is 10.8 Å². The molecule has 0 N–H and O–H groups in total. The molecule has 0 saturated carbocycles. The first kappa shape index (κ1) is 30.4. The molecule has 2 amide bonds. The van der Waals surface area contributed by atoms with Gasteiger partial charge < -0.3 is 14.2 Å². The summed E-state index contributed by atoms with van der Waals surface area (Å²) in [5.74, 6) is -0.111. The molecule has 0 saturated heterocycles. The number of rotatable bonds is 6. The lowest BCUT2D eigenvalue weighted by atomic mass is 9.53. The summed E-state index contributed by atoms with van der Waals surface area (Å²) >= 11 is 0. The largest absolute Gasteiger partial charge is 0.411 e. The molecule has 234 valence electrons. The summed E-state index contributed by atoms with van der Waals surface area (Å²) in [5.41, 5.74) is 3.15. The molecule has 6 heteroatoms. The molecule has 46 heavy (non-hydrogen) atoms. The highest BCUT2D eigenvalue weighted by Crippen LogP contribution is 2.63. The summed E-state index contributed by atoms with van der Waals surface area (Å²) in [6, 6.07) is 36.3. The van der Waals surface area contributed by atoms with Crippen LogP contribution in [0.15, 0.2) is 121 Å². The Hall–Kier alpha value is -4.26. The molecular weight excluding hydrogens is 585 g/mol. The van der Waals surface area contributed by atoms with Gasteiger partial charge in [-0.25, -0.2) is 0 Å². The van der Waals surface area contributed by atoms with Crippen LogP contribution >= 0.6 is 0 Å². The number of hydrogen-bond acceptors (Lipinski definition) is 3. The SMILES string of the molecule is CC(C)(C)[Si](C)(C)O[C@H]1C=C[C@@]2(C(=O)N(Cc3ccccc3)c3ccccc32)[C@]2(C1)C(=O)N(Cc1ccccc1)c1ccccc12. The van der Waals surface area contributed by atoms with Crippen molar-refractivity contribution in [2.24, 2.45) is 0 Å². The van der Waals surface area contributed by atoms with Crippen molar-refractivity contribution in [3.8, 4) is 0 Å². The number of carbonyl (C=O) groups excluding carboxylic acids is 2. The third-order valence-corrected chi connectivity index (χ3v) is 15.3. The van der Waals surface area contributed by atoms with E-state index < -0.39 is 19.1 Å². The van der Waals surface area contributed by atoms with E-state index in [0.29, 0.717) is 19.5 Å². The zero-order chi connectivity index (χ0) is 32.3. The average Bonchev–Trinajstić information content (AvgIpc) is 3.41. The van der Waals surface area contributed by atoms with E-state index in [9.17, 15) is 0 Å². The Labute approximate surface area is 273 Å². The molecule has 0 radical (unpaired) electrons. The molecule has 4 aromatic carbocycles. The summed E-state index contributed by atoms with van der Waals surface area (Å²) in [6.45, 7) is 12.1. The standard InChI is InChI=1S/C40H42N2O3Si/c1-38(2,3)46(4,5)45-31-24-25-39(32-20-12-14-22-34(32)41(36(39)43)27-29-16-8-6-9-17-29)40(26-31)33-21-13-15-23-35(33)42(37(40)44)28-30-18-10-7-11-19-30/h6-25,31H,26-28H2,1-5H3/t31-,39+,40-/m0/s1. The van der Waals surface area contributed by atoms with Gasteiger partial charge in [-0.2, -0.15) is 0 Å². The molecule has 3 atom stereocenters. The van der Waals surface area contributed by atoms with E-state index in [2.05, 4.69) is 64.2 Å². The van der Waals surface area contributed by atoms with Crippen molar-refractivity contribution < 1.29 is 14.0 Å². The topological polar surface area (TPSA) is 49.9 Å². The van der Waals surface area contributed by atoms with Crippen LogP contribution in [-0.2, 0) is 37.9 Å². The van der Waals surface area contributed by atoms with Crippen molar-refractivity contribution in [3.63, 3.8) is 0 Å². The molecule has 0 bridgehead atoms. The highest BCUT2D eigenvalue weighted by Gasteiger charge is 2.71. The fourth-order valence-corrected chi connectivity index (χ4v) is 8.84. The van der Waals surface area contributed by atoms with Gasteiger partial charge in [0.05, 0.1) is 19.2 Å². The van der Waals surface area contributed by atoms with Gasteiger partial charge in [0.2, 0.25) is 11.8 Å². The number of nitrogens with zero attached hydrogens (tertiary/aromatic N) is 2. The molecule has 5 nitrogen and oxygen atoms in total. The van der Waals surface area contributed by atoms with Crippen LogP contribution in [0.3, 0.4) is 0 Å². The molecule has 0 fully saturated rings. The lowest BCUT2D eigenvalue weighted by molar-refractivity contribution is -0.134. The maximum absolute atomic E-state index is 15.5. The zero-order valence-corrected chi connectivity index (χ0v) is 28.4. The van der Waals surface area contributed by atoms with Gasteiger partial charge in [-0.1, -0.05) is 130 Å². The molecule has 3 aliphatic rings. The predicted molar refractivity (Wildman–Crippen MR) is 187 cm³/mol. The number of amides is 2. The van der Waals surface area contributed by atoms with E-state index in [1.54, 1.807) is 0 Å². The smallest absolute Gasteiger partial charge is 0.243 e. The van der Waals surface area contributed by atoms with Gasteiger partial charge in [-0.15, -0.1) is 0 Å². The number of anilines is 2. The van der Waals surface area contributed by atoms with Crippen LogP contribution in [-0.4, -0.2) is 26.2 Å². The predicted octanol–water partition coefficient (Wildman–Crippen LogP) is 8.31. The maximum Gasteiger partial charge on any atom is 0.243 e. The number of fused-ring (bicyclic) bond motifs is 5. The van der Waals surface area contributed by atoms with Gasteiger partial charge in [0.15, 0.2) is 8.32 Å². The van der Waals surface area contributed by atoms with Crippen LogP contribution in [0.1, 0.15) is 49.4 Å². The second-order valence-corrected chi connectivity index (χ2v) is 19.2. The highest BCUT2D eigenvalue weighted by molar-refractivity contribution is 6.74. The Kier molecular flexibility index (Phi) is 7.22. The zero-order valence-electron chi connectivity index (χ0n) is 27.4. The second kappa shape index (κ2) is 10.9. The fraction of sp³-hybridized carbons (Fsp3) is 0.300. The second-order valence-electron chi connectivity index (χ2n) is 14.5. The van der Waals surface area contributed by atoms with E-state index >= 15 is 9.59 Å². The van der Waals surface area contributed by atoms with Crippen molar-refractivity contribution in [2.75, 3.05) is 9.80 Å². The molecule has 0 unspecified atom stereocenters. The molecule has 7 rings (SSSR count). The summed E-state index contributed by atoms with van der Waals surface area (Å²) in [7, 11) is -2.23. The number of carbonyl (C=O) groups is 2. The fourth-order valence-electron chi connectivity index (χ4n) is 7.56. The van der Waals surface area contributed by atoms with Crippen molar-refractivity contribution in [3.05, 3.63) is 144 Å². The van der Waals surface area contributed by atoms with Crippen molar-refractivity contribution in [1.29, 1.82) is 0 Å². The summed E-state index contributed by atoms with van der Waals surface area (Å²) in [4.78, 5) is 34.7. The lowest BCUT2D eigenvalue weighted by Crippen LogP contribution is -2.62. The highest BCUT2D eigenvalue weighted by atomic mass is 28.4. The summed E-state index contributed by atoms with van der Waals surface area (Å²) < 4.78 is 7.05. The Morgan fingerprint density at radius 3 is 1.74 bits per heavy atom. The third-order valence-electron chi connectivity index (χ3n) is 10.8. The summed E-state index contributed by atoms with van der Waals surface area (Å²) in [6.07, 6.45) is 4.20. The molecule has 0 aromatic heterocycles. The van der Waals surface area contributed by atoms with E-state index in [1.807, 2.05) is 101 Å². The Bertz CT molecular complexity index is 1830. The van der Waals surface area contributed by atoms with Gasteiger partial charge in [0.25, 0.3) is 0 Å². The Balaban J connectivity index is 1.45. The van der Waals surface area contributed by atoms with Crippen molar-refractivity contribution >= 4 is 31.5 Å². The Morgan fingerprint density at radius 1 is 0.696 bits per heavy atom. The van der Waals surface area contributed by atoms with Gasteiger partial charge >= 0.3 is 0 Å². The van der Waals surface area contributed by atoms with Crippen molar-refractivity contribution in [2.45, 2.75) is 75.3 Å². The normalized spacial score (nSPS) is 23.8. The first-order valence-electron chi connectivity index (χ1n) is 16.3. The van der Waals surface area contributed by atoms with Crippen LogP contribution in [0, 0.1) is 0 Å². The molecule has 4 aromatic rings. The average molecular weight is 627 g/mol. The van der Waals surface area contributed by atoms with Crippen LogP contribution in [0.4, 0.5) is 11.4 Å². The van der Waals surface area contributed by atoms with E-state index in [1.165, 1.54) is 0 Å². The molecule has 2 aliphatic heterocycles. The lowest BCUT2D eigenvalue weighted by Gasteiger charge is -2.49. The van der Waals surface area contributed by atoms with E-state index in [0.717, 1.165) is 33.6 Å². The molecule has 2 heterocycles. The molecular formula is C40H42N2O3Si. The maximum atomic E-state index is 15.5. The number of benzene rings is 4. The van der Waals surface area contributed by atoms with Crippen molar-refractivity contribution in [1.82, 2.24) is 0 Å². The van der Waals surface area contributed by atoms with Crippen LogP contribution < -0.4 is 9.80 Å². The first-order chi connectivity index (χ1) is 22.0. The minimum Gasteiger partial charge on any atom is -0.411 e. The van der Waals surface area contributed by atoms with Crippen LogP contribution in [0.25, 0.3) is 0 Å². The number of hydrogen-bond donors (Lipinski definition) is 0.